The zero-order chi connectivity index (χ0) is 13.8. The second-order valence-electron chi connectivity index (χ2n) is 5.38. The van der Waals surface area contributed by atoms with Crippen LogP contribution in [0.5, 0.6) is 0 Å². The predicted molar refractivity (Wildman–Crippen MR) is 73.1 cm³/mol. The van der Waals surface area contributed by atoms with Gasteiger partial charge in [-0.25, -0.2) is 4.39 Å². The highest BCUT2D eigenvalue weighted by atomic mass is 19.1. The molecule has 1 aliphatic heterocycles. The van der Waals surface area contributed by atoms with E-state index < -0.39 is 0 Å². The first kappa shape index (κ1) is 14.0. The van der Waals surface area contributed by atoms with E-state index in [4.69, 9.17) is 0 Å². The fraction of sp³-hybridized carbons (Fsp3) is 0.533. The molecule has 1 aromatic carbocycles. The van der Waals surface area contributed by atoms with Crippen molar-refractivity contribution in [3.05, 3.63) is 35.6 Å². The fourth-order valence-corrected chi connectivity index (χ4v) is 2.34. The maximum absolute atomic E-state index is 12.8. The Balaban J connectivity index is 1.83. The van der Waals surface area contributed by atoms with Gasteiger partial charge in [0.15, 0.2) is 0 Å². The van der Waals surface area contributed by atoms with E-state index in [-0.39, 0.29) is 17.6 Å². The molecule has 0 aliphatic carbocycles. The molecule has 0 radical (unpaired) electrons. The van der Waals surface area contributed by atoms with Crippen LogP contribution in [0.1, 0.15) is 19.4 Å². The third-order valence-electron chi connectivity index (χ3n) is 3.50. The van der Waals surface area contributed by atoms with Gasteiger partial charge in [-0.05, 0) is 17.7 Å². The molecule has 1 fully saturated rings. The lowest BCUT2D eigenvalue weighted by molar-refractivity contribution is -0.136. The maximum atomic E-state index is 12.8. The molecule has 1 amide bonds. The maximum Gasteiger partial charge on any atom is 0.225 e. The Hall–Kier alpha value is -1.42. The summed E-state index contributed by atoms with van der Waals surface area (Å²) >= 11 is 0. The Labute approximate surface area is 114 Å². The molecule has 0 spiro atoms. The number of carbonyl (C=O) groups excluding carboxylic acids is 1. The summed E-state index contributed by atoms with van der Waals surface area (Å²) in [6.07, 6.45) is 0. The lowest BCUT2D eigenvalue weighted by Gasteiger charge is -2.35. The van der Waals surface area contributed by atoms with Crippen molar-refractivity contribution in [3.63, 3.8) is 0 Å². The van der Waals surface area contributed by atoms with Crippen molar-refractivity contribution in [1.29, 1.82) is 0 Å². The van der Waals surface area contributed by atoms with Gasteiger partial charge in [0, 0.05) is 38.6 Å². The molecule has 1 saturated heterocycles. The molecule has 0 atom stereocenters. The average molecular weight is 264 g/mol. The normalized spacial score (nSPS) is 16.9. The molecule has 1 heterocycles. The average Bonchev–Trinajstić information content (AvgIpc) is 2.41. The Morgan fingerprint density at radius 2 is 1.74 bits per heavy atom. The highest BCUT2D eigenvalue weighted by Gasteiger charge is 2.22. The quantitative estimate of drug-likeness (QED) is 0.835. The number of hydrogen-bond donors (Lipinski definition) is 0. The van der Waals surface area contributed by atoms with Gasteiger partial charge in [-0.2, -0.15) is 0 Å². The van der Waals surface area contributed by atoms with E-state index in [0.29, 0.717) is 0 Å². The van der Waals surface area contributed by atoms with Crippen molar-refractivity contribution in [1.82, 2.24) is 9.80 Å². The van der Waals surface area contributed by atoms with Crippen molar-refractivity contribution in [2.75, 3.05) is 26.2 Å². The number of rotatable bonds is 3. The summed E-state index contributed by atoms with van der Waals surface area (Å²) in [6.45, 7) is 8.05. The molecular formula is C15H21FN2O. The SMILES string of the molecule is CC(C)C(=O)N1CCN(Cc2ccc(F)cc2)CC1. The summed E-state index contributed by atoms with van der Waals surface area (Å²) in [5, 5.41) is 0. The molecular weight excluding hydrogens is 243 g/mol. The van der Waals surface area contributed by atoms with Crippen LogP contribution in [0.2, 0.25) is 0 Å². The van der Waals surface area contributed by atoms with Crippen molar-refractivity contribution < 1.29 is 9.18 Å². The molecule has 0 aromatic heterocycles. The lowest BCUT2D eigenvalue weighted by atomic mass is 10.1. The number of piperazine rings is 1. The number of nitrogens with zero attached hydrogens (tertiary/aromatic N) is 2. The first-order valence-corrected chi connectivity index (χ1v) is 6.82. The van der Waals surface area contributed by atoms with Crippen molar-refractivity contribution >= 4 is 5.91 Å². The fourth-order valence-electron chi connectivity index (χ4n) is 2.34. The molecule has 2 rings (SSSR count). The Kier molecular flexibility index (Phi) is 4.53. The minimum Gasteiger partial charge on any atom is -0.340 e. The van der Waals surface area contributed by atoms with Crippen LogP contribution in [-0.2, 0) is 11.3 Å². The van der Waals surface area contributed by atoms with Gasteiger partial charge in [-0.1, -0.05) is 26.0 Å². The molecule has 1 aliphatic rings. The highest BCUT2D eigenvalue weighted by Crippen LogP contribution is 2.11. The van der Waals surface area contributed by atoms with Crippen LogP contribution >= 0.6 is 0 Å². The lowest BCUT2D eigenvalue weighted by Crippen LogP contribution is -2.49. The molecule has 4 heteroatoms. The monoisotopic (exact) mass is 264 g/mol. The smallest absolute Gasteiger partial charge is 0.225 e. The molecule has 0 saturated carbocycles. The van der Waals surface area contributed by atoms with E-state index in [9.17, 15) is 9.18 Å². The second-order valence-corrected chi connectivity index (χ2v) is 5.38. The predicted octanol–water partition coefficient (Wildman–Crippen LogP) is 2.13. The molecule has 0 bridgehead atoms. The standard InChI is InChI=1S/C15H21FN2O/c1-12(2)15(19)18-9-7-17(8-10-18)11-13-3-5-14(16)6-4-13/h3-6,12H,7-11H2,1-2H3. The van der Waals surface area contributed by atoms with Gasteiger partial charge in [-0.15, -0.1) is 0 Å². The third-order valence-corrected chi connectivity index (χ3v) is 3.50. The van der Waals surface area contributed by atoms with E-state index in [1.165, 1.54) is 12.1 Å². The van der Waals surface area contributed by atoms with E-state index in [1.807, 2.05) is 30.9 Å². The molecule has 0 unspecified atom stereocenters. The Morgan fingerprint density at radius 3 is 2.26 bits per heavy atom. The zero-order valence-electron chi connectivity index (χ0n) is 11.6. The summed E-state index contributed by atoms with van der Waals surface area (Å²) in [7, 11) is 0. The number of carbonyl (C=O) groups is 1. The van der Waals surface area contributed by atoms with Gasteiger partial charge in [0.1, 0.15) is 5.82 Å². The van der Waals surface area contributed by atoms with Gasteiger partial charge in [0.25, 0.3) is 0 Å². The molecule has 3 nitrogen and oxygen atoms in total. The van der Waals surface area contributed by atoms with Crippen molar-refractivity contribution in [2.45, 2.75) is 20.4 Å². The summed E-state index contributed by atoms with van der Waals surface area (Å²) in [4.78, 5) is 16.1. The Bertz CT molecular complexity index is 422. The van der Waals surface area contributed by atoms with Gasteiger partial charge >= 0.3 is 0 Å². The van der Waals surface area contributed by atoms with Crippen LogP contribution in [-0.4, -0.2) is 41.9 Å². The van der Waals surface area contributed by atoms with Crippen molar-refractivity contribution in [2.24, 2.45) is 5.92 Å². The summed E-state index contributed by atoms with van der Waals surface area (Å²) in [6, 6.07) is 6.63. The van der Waals surface area contributed by atoms with Crippen LogP contribution in [0.25, 0.3) is 0 Å². The van der Waals surface area contributed by atoms with Crippen LogP contribution in [0.3, 0.4) is 0 Å². The van der Waals surface area contributed by atoms with Crippen LogP contribution in [0.15, 0.2) is 24.3 Å². The highest BCUT2D eigenvalue weighted by molar-refractivity contribution is 5.78. The largest absolute Gasteiger partial charge is 0.340 e. The van der Waals surface area contributed by atoms with Gasteiger partial charge in [0.2, 0.25) is 5.91 Å². The summed E-state index contributed by atoms with van der Waals surface area (Å²) in [5.41, 5.74) is 1.12. The second kappa shape index (κ2) is 6.15. The van der Waals surface area contributed by atoms with E-state index in [2.05, 4.69) is 4.90 Å². The third kappa shape index (κ3) is 3.77. The number of hydrogen-bond acceptors (Lipinski definition) is 2. The Morgan fingerprint density at radius 1 is 1.16 bits per heavy atom. The van der Waals surface area contributed by atoms with Gasteiger partial charge < -0.3 is 4.90 Å². The van der Waals surface area contributed by atoms with Gasteiger partial charge in [-0.3, -0.25) is 9.69 Å². The summed E-state index contributed by atoms with van der Waals surface area (Å²) < 4.78 is 12.8. The zero-order valence-corrected chi connectivity index (χ0v) is 11.6. The van der Waals surface area contributed by atoms with Gasteiger partial charge in [0.05, 0.1) is 0 Å². The van der Waals surface area contributed by atoms with Crippen LogP contribution in [0.4, 0.5) is 4.39 Å². The molecule has 104 valence electrons. The first-order valence-electron chi connectivity index (χ1n) is 6.82. The topological polar surface area (TPSA) is 23.6 Å². The molecule has 19 heavy (non-hydrogen) atoms. The number of benzene rings is 1. The first-order chi connectivity index (χ1) is 9.06. The number of amides is 1. The van der Waals surface area contributed by atoms with Crippen LogP contribution < -0.4 is 0 Å². The van der Waals surface area contributed by atoms with E-state index >= 15 is 0 Å². The minimum absolute atomic E-state index is 0.0728. The molecule has 0 N–H and O–H groups in total. The van der Waals surface area contributed by atoms with E-state index in [0.717, 1.165) is 38.3 Å². The number of halogens is 1. The molecule has 1 aromatic rings. The summed E-state index contributed by atoms with van der Waals surface area (Å²) in [5.74, 6) is 0.112. The van der Waals surface area contributed by atoms with Crippen LogP contribution in [0, 0.1) is 11.7 Å². The minimum atomic E-state index is -0.198. The van der Waals surface area contributed by atoms with Crippen molar-refractivity contribution in [3.8, 4) is 0 Å². The van der Waals surface area contributed by atoms with E-state index in [1.54, 1.807) is 0 Å².